The Labute approximate surface area is 115 Å². The van der Waals surface area contributed by atoms with Crippen LogP contribution in [-0.2, 0) is 4.74 Å². The van der Waals surface area contributed by atoms with Crippen molar-refractivity contribution in [3.8, 4) is 11.5 Å². The first-order valence-corrected chi connectivity index (χ1v) is 6.64. The van der Waals surface area contributed by atoms with Crippen LogP contribution < -0.4 is 15.2 Å². The maximum Gasteiger partial charge on any atom is 0.127 e. The Hall–Kier alpha value is -1.26. The molecule has 0 bridgehead atoms. The summed E-state index contributed by atoms with van der Waals surface area (Å²) in [5.41, 5.74) is 7.25. The minimum absolute atomic E-state index is 0.0739. The van der Waals surface area contributed by atoms with Gasteiger partial charge in [-0.15, -0.1) is 0 Å². The molecule has 0 aliphatic heterocycles. The van der Waals surface area contributed by atoms with Crippen LogP contribution in [0, 0.1) is 5.92 Å². The van der Waals surface area contributed by atoms with Gasteiger partial charge >= 0.3 is 0 Å². The molecule has 108 valence electrons. The molecule has 0 radical (unpaired) electrons. The molecule has 0 saturated heterocycles. The van der Waals surface area contributed by atoms with Gasteiger partial charge in [0.15, 0.2) is 0 Å². The molecule has 0 aromatic heterocycles. The van der Waals surface area contributed by atoms with Gasteiger partial charge in [-0.3, -0.25) is 0 Å². The molecule has 2 unspecified atom stereocenters. The van der Waals surface area contributed by atoms with Crippen LogP contribution in [0.2, 0.25) is 0 Å². The molecule has 0 heterocycles. The molecule has 0 aliphatic carbocycles. The van der Waals surface area contributed by atoms with E-state index in [1.807, 2.05) is 25.1 Å². The molecule has 19 heavy (non-hydrogen) atoms. The van der Waals surface area contributed by atoms with Crippen LogP contribution in [0.25, 0.3) is 0 Å². The Morgan fingerprint density at radius 3 is 2.00 bits per heavy atom. The summed E-state index contributed by atoms with van der Waals surface area (Å²) in [6, 6.07) is 5.38. The van der Waals surface area contributed by atoms with Crippen LogP contribution in [0.1, 0.15) is 32.4 Å². The van der Waals surface area contributed by atoms with E-state index in [9.17, 15) is 0 Å². The smallest absolute Gasteiger partial charge is 0.127 e. The third-order valence-electron chi connectivity index (χ3n) is 3.17. The second kappa shape index (κ2) is 7.36. The average Bonchev–Trinajstić information content (AvgIpc) is 2.42. The first kappa shape index (κ1) is 15.8. The van der Waals surface area contributed by atoms with Crippen LogP contribution in [0.3, 0.4) is 0 Å². The van der Waals surface area contributed by atoms with Crippen molar-refractivity contribution >= 4 is 0 Å². The SMILES string of the molecule is CCOC(C(C)C)C(N)c1c(OC)cccc1OC. The van der Waals surface area contributed by atoms with Crippen molar-refractivity contribution < 1.29 is 14.2 Å². The highest BCUT2D eigenvalue weighted by molar-refractivity contribution is 5.47. The van der Waals surface area contributed by atoms with Crippen LogP contribution in [0.5, 0.6) is 11.5 Å². The number of nitrogens with two attached hydrogens (primary N) is 1. The van der Waals surface area contributed by atoms with Crippen LogP contribution in [-0.4, -0.2) is 26.9 Å². The van der Waals surface area contributed by atoms with E-state index in [-0.39, 0.29) is 12.1 Å². The number of hydrogen-bond acceptors (Lipinski definition) is 4. The van der Waals surface area contributed by atoms with E-state index in [1.54, 1.807) is 14.2 Å². The highest BCUT2D eigenvalue weighted by Crippen LogP contribution is 2.36. The summed E-state index contributed by atoms with van der Waals surface area (Å²) in [7, 11) is 3.27. The van der Waals surface area contributed by atoms with E-state index >= 15 is 0 Å². The Kier molecular flexibility index (Phi) is 6.12. The van der Waals surface area contributed by atoms with Crippen molar-refractivity contribution in [3.63, 3.8) is 0 Å². The van der Waals surface area contributed by atoms with Crippen LogP contribution in [0.15, 0.2) is 18.2 Å². The highest BCUT2D eigenvalue weighted by atomic mass is 16.5. The van der Waals surface area contributed by atoms with Crippen molar-refractivity contribution in [2.75, 3.05) is 20.8 Å². The fourth-order valence-corrected chi connectivity index (χ4v) is 2.28. The first-order chi connectivity index (χ1) is 9.06. The van der Waals surface area contributed by atoms with Crippen LogP contribution >= 0.6 is 0 Å². The second-order valence-electron chi connectivity index (χ2n) is 4.77. The van der Waals surface area contributed by atoms with E-state index in [0.29, 0.717) is 12.5 Å². The monoisotopic (exact) mass is 267 g/mol. The lowest BCUT2D eigenvalue weighted by Gasteiger charge is -2.29. The number of hydrogen-bond donors (Lipinski definition) is 1. The number of ether oxygens (including phenoxy) is 3. The Morgan fingerprint density at radius 2 is 1.63 bits per heavy atom. The molecule has 1 rings (SSSR count). The third kappa shape index (κ3) is 3.61. The maximum absolute atomic E-state index is 6.39. The summed E-state index contributed by atoms with van der Waals surface area (Å²) in [4.78, 5) is 0. The fraction of sp³-hybridized carbons (Fsp3) is 0.600. The van der Waals surface area contributed by atoms with Crippen molar-refractivity contribution in [2.45, 2.75) is 32.9 Å². The summed E-state index contributed by atoms with van der Waals surface area (Å²) < 4.78 is 16.6. The van der Waals surface area contributed by atoms with E-state index in [1.165, 1.54) is 0 Å². The minimum atomic E-state index is -0.286. The maximum atomic E-state index is 6.39. The molecule has 0 fully saturated rings. The van der Waals surface area contributed by atoms with E-state index in [4.69, 9.17) is 19.9 Å². The predicted octanol–water partition coefficient (Wildman–Crippen LogP) is 2.76. The highest BCUT2D eigenvalue weighted by Gasteiger charge is 2.28. The predicted molar refractivity (Wildman–Crippen MR) is 76.7 cm³/mol. The van der Waals surface area contributed by atoms with E-state index in [2.05, 4.69) is 13.8 Å². The van der Waals surface area contributed by atoms with Crippen molar-refractivity contribution in [1.29, 1.82) is 0 Å². The quantitative estimate of drug-likeness (QED) is 0.825. The zero-order valence-corrected chi connectivity index (χ0v) is 12.5. The lowest BCUT2D eigenvalue weighted by atomic mass is 9.93. The largest absolute Gasteiger partial charge is 0.496 e. The lowest BCUT2D eigenvalue weighted by Crippen LogP contribution is -2.34. The summed E-state index contributed by atoms with van der Waals surface area (Å²) in [5.74, 6) is 1.78. The van der Waals surface area contributed by atoms with Gasteiger partial charge in [0.25, 0.3) is 0 Å². The summed E-state index contributed by atoms with van der Waals surface area (Å²) >= 11 is 0. The summed E-state index contributed by atoms with van der Waals surface area (Å²) in [6.07, 6.45) is -0.0739. The Balaban J connectivity index is 3.18. The standard InChI is InChI=1S/C15H25NO3/c1-6-19-15(10(2)3)14(16)13-11(17-4)8-7-9-12(13)18-5/h7-10,14-15H,6,16H2,1-5H3. The second-order valence-corrected chi connectivity index (χ2v) is 4.77. The zero-order chi connectivity index (χ0) is 14.4. The van der Waals surface area contributed by atoms with Gasteiger partial charge in [-0.25, -0.2) is 0 Å². The number of rotatable bonds is 7. The zero-order valence-electron chi connectivity index (χ0n) is 12.5. The van der Waals surface area contributed by atoms with Gasteiger partial charge in [0.05, 0.1) is 31.9 Å². The molecule has 1 aromatic carbocycles. The number of benzene rings is 1. The molecule has 0 saturated carbocycles. The molecule has 0 amide bonds. The number of methoxy groups -OCH3 is 2. The normalized spacial score (nSPS) is 14.3. The average molecular weight is 267 g/mol. The van der Waals surface area contributed by atoms with Crippen molar-refractivity contribution in [3.05, 3.63) is 23.8 Å². The summed E-state index contributed by atoms with van der Waals surface area (Å²) in [5, 5.41) is 0. The van der Waals surface area contributed by atoms with Crippen LogP contribution in [0.4, 0.5) is 0 Å². The Morgan fingerprint density at radius 1 is 1.11 bits per heavy atom. The molecule has 0 aliphatic rings. The van der Waals surface area contributed by atoms with Gasteiger partial charge in [0, 0.05) is 6.61 Å². The molecule has 4 nitrogen and oxygen atoms in total. The van der Waals surface area contributed by atoms with Gasteiger partial charge in [-0.1, -0.05) is 19.9 Å². The first-order valence-electron chi connectivity index (χ1n) is 6.64. The minimum Gasteiger partial charge on any atom is -0.496 e. The van der Waals surface area contributed by atoms with Gasteiger partial charge in [-0.05, 0) is 25.0 Å². The molecule has 2 N–H and O–H groups in total. The van der Waals surface area contributed by atoms with Gasteiger partial charge < -0.3 is 19.9 Å². The molecule has 4 heteroatoms. The molecular formula is C15H25NO3. The lowest BCUT2D eigenvalue weighted by molar-refractivity contribution is 0.0112. The molecule has 2 atom stereocenters. The molecular weight excluding hydrogens is 242 g/mol. The van der Waals surface area contributed by atoms with Gasteiger partial charge in [0.2, 0.25) is 0 Å². The third-order valence-corrected chi connectivity index (χ3v) is 3.17. The van der Waals surface area contributed by atoms with E-state index in [0.717, 1.165) is 17.1 Å². The molecule has 1 aromatic rings. The van der Waals surface area contributed by atoms with Crippen molar-refractivity contribution in [2.24, 2.45) is 11.7 Å². The summed E-state index contributed by atoms with van der Waals surface area (Å²) in [6.45, 7) is 6.81. The fourth-order valence-electron chi connectivity index (χ4n) is 2.28. The Bertz CT molecular complexity index is 371. The van der Waals surface area contributed by atoms with Gasteiger partial charge in [-0.2, -0.15) is 0 Å². The van der Waals surface area contributed by atoms with E-state index < -0.39 is 0 Å². The topological polar surface area (TPSA) is 53.7 Å². The van der Waals surface area contributed by atoms with Crippen molar-refractivity contribution in [1.82, 2.24) is 0 Å². The molecule has 0 spiro atoms. The van der Waals surface area contributed by atoms with Gasteiger partial charge in [0.1, 0.15) is 11.5 Å².